The fourth-order valence-corrected chi connectivity index (χ4v) is 6.45. The molecule has 0 aliphatic carbocycles. The lowest BCUT2D eigenvalue weighted by Crippen LogP contribution is -2.55. The zero-order valence-corrected chi connectivity index (χ0v) is 22.3. The van der Waals surface area contributed by atoms with Gasteiger partial charge in [0, 0.05) is 25.4 Å². The van der Waals surface area contributed by atoms with Crippen LogP contribution in [-0.2, 0) is 23.9 Å². The van der Waals surface area contributed by atoms with Gasteiger partial charge in [-0.05, 0) is 69.6 Å². The number of unbranched alkanes of at least 4 members (excludes halogenated alkanes) is 2. The number of carbonyl (C=O) groups excluding carboxylic acids is 3. The van der Waals surface area contributed by atoms with Crippen LogP contribution >= 0.6 is 0 Å². The van der Waals surface area contributed by atoms with Crippen LogP contribution in [0.3, 0.4) is 0 Å². The molecule has 4 heterocycles. The summed E-state index contributed by atoms with van der Waals surface area (Å²) in [6.45, 7) is 5.06. The minimum absolute atomic E-state index is 0.0804. The van der Waals surface area contributed by atoms with Gasteiger partial charge in [0.2, 0.25) is 5.91 Å². The third-order valence-corrected chi connectivity index (χ3v) is 8.31. The van der Waals surface area contributed by atoms with Crippen molar-refractivity contribution in [2.75, 3.05) is 31.2 Å². The first-order valence-corrected chi connectivity index (χ1v) is 13.9. The van der Waals surface area contributed by atoms with Crippen molar-refractivity contribution >= 4 is 23.5 Å². The lowest BCUT2D eigenvalue weighted by molar-refractivity contribution is -0.154. The molecular weight excluding hydrogens is 484 g/mol. The van der Waals surface area contributed by atoms with Crippen LogP contribution in [0.1, 0.15) is 49.7 Å². The quantitative estimate of drug-likeness (QED) is 0.350. The number of cyclic esters (lactones) is 1. The summed E-state index contributed by atoms with van der Waals surface area (Å²) < 4.78 is 12.3. The molecule has 8 heteroatoms. The molecule has 5 rings (SSSR count). The molecule has 0 aromatic heterocycles. The lowest BCUT2D eigenvalue weighted by Gasteiger charge is -2.35. The molecule has 204 valence electrons. The first kappa shape index (κ1) is 26.6. The molecule has 5 atom stereocenters. The van der Waals surface area contributed by atoms with Crippen LogP contribution in [0.15, 0.2) is 42.5 Å². The van der Waals surface area contributed by atoms with Gasteiger partial charge in [0.1, 0.15) is 17.6 Å². The van der Waals surface area contributed by atoms with Gasteiger partial charge in [-0.1, -0.05) is 36.4 Å². The highest BCUT2D eigenvalue weighted by Gasteiger charge is 2.71. The van der Waals surface area contributed by atoms with Crippen molar-refractivity contribution in [1.29, 1.82) is 0 Å². The van der Waals surface area contributed by atoms with Gasteiger partial charge in [-0.25, -0.2) is 0 Å². The minimum atomic E-state index is -1.26. The van der Waals surface area contributed by atoms with E-state index in [2.05, 4.69) is 0 Å². The minimum Gasteiger partial charge on any atom is -0.465 e. The standard InChI is InChI=1S/C30H38N2O6/c1-20-12-13-21(2)22(19-20)31-16-10-14-30-25(24-23(38-30)11-6-3-4-9-18-37-29(24)36)27(34)32(26(30)28(31)35)15-7-5-8-17-33/h6,10-14,19,23-26,33H,3-5,7-9,15-18H2,1-2H3/b11-6-/t23-,24+,25-,26?,30-/m0/s1. The SMILES string of the molecule is Cc1ccc(C)c(N2CC=C[C@]34O[C@H]5/C=C\CCCCOC(=O)[C@H]5[C@H]3C(=O)N(CCCCCO)C4C2=O)c1. The van der Waals surface area contributed by atoms with Crippen LogP contribution in [0.25, 0.3) is 0 Å². The Balaban J connectivity index is 1.58. The Morgan fingerprint density at radius 2 is 1.89 bits per heavy atom. The van der Waals surface area contributed by atoms with E-state index in [9.17, 15) is 19.5 Å². The number of carbonyl (C=O) groups is 3. The molecule has 2 fully saturated rings. The number of rotatable bonds is 6. The van der Waals surface area contributed by atoms with Gasteiger partial charge < -0.3 is 24.4 Å². The fraction of sp³-hybridized carbons (Fsp3) is 0.567. The Labute approximate surface area is 224 Å². The van der Waals surface area contributed by atoms with E-state index in [-0.39, 0.29) is 18.4 Å². The van der Waals surface area contributed by atoms with Crippen molar-refractivity contribution in [3.8, 4) is 0 Å². The number of fused-ring (bicyclic) bond motifs is 2. The number of aliphatic hydroxyl groups is 1. The van der Waals surface area contributed by atoms with E-state index in [1.165, 1.54) is 0 Å². The van der Waals surface area contributed by atoms with Gasteiger partial charge >= 0.3 is 5.97 Å². The van der Waals surface area contributed by atoms with Gasteiger partial charge in [-0.15, -0.1) is 0 Å². The molecular formula is C30H38N2O6. The molecule has 1 aromatic carbocycles. The van der Waals surface area contributed by atoms with Crippen LogP contribution in [0, 0.1) is 25.7 Å². The monoisotopic (exact) mass is 522 g/mol. The number of anilines is 1. The number of ether oxygens (including phenoxy) is 2. The maximum atomic E-state index is 14.4. The van der Waals surface area contributed by atoms with Crippen LogP contribution in [-0.4, -0.2) is 71.8 Å². The number of hydrogen-bond acceptors (Lipinski definition) is 6. The maximum Gasteiger partial charge on any atom is 0.312 e. The molecule has 0 saturated carbocycles. The summed E-state index contributed by atoms with van der Waals surface area (Å²) in [6, 6.07) is 5.11. The summed E-state index contributed by atoms with van der Waals surface area (Å²) >= 11 is 0. The average Bonchev–Trinajstić information content (AvgIpc) is 3.28. The van der Waals surface area contributed by atoms with Crippen LogP contribution in [0.5, 0.6) is 0 Å². The number of allylic oxidation sites excluding steroid dienone is 1. The second-order valence-electron chi connectivity index (χ2n) is 10.9. The topological polar surface area (TPSA) is 96.4 Å². The molecule has 8 nitrogen and oxygen atoms in total. The third-order valence-electron chi connectivity index (χ3n) is 8.31. The largest absolute Gasteiger partial charge is 0.465 e. The molecule has 1 aromatic rings. The molecule has 2 amide bonds. The number of aryl methyl sites for hydroxylation is 2. The summed E-state index contributed by atoms with van der Waals surface area (Å²) in [4.78, 5) is 45.3. The summed E-state index contributed by atoms with van der Waals surface area (Å²) in [5.41, 5.74) is 1.56. The number of likely N-dealkylation sites (tertiary alicyclic amines) is 1. The zero-order chi connectivity index (χ0) is 26.9. The molecule has 1 N–H and O–H groups in total. The molecule has 1 unspecified atom stereocenters. The first-order chi connectivity index (χ1) is 18.4. The normalized spacial score (nSPS) is 31.9. The van der Waals surface area contributed by atoms with Crippen LogP contribution < -0.4 is 4.90 Å². The fourth-order valence-electron chi connectivity index (χ4n) is 6.45. The van der Waals surface area contributed by atoms with E-state index < -0.39 is 35.6 Å². The van der Waals surface area contributed by atoms with E-state index in [4.69, 9.17) is 9.47 Å². The van der Waals surface area contributed by atoms with Crippen LogP contribution in [0.4, 0.5) is 5.69 Å². The Kier molecular flexibility index (Phi) is 7.73. The molecule has 0 bridgehead atoms. The van der Waals surface area contributed by atoms with E-state index in [0.717, 1.165) is 42.5 Å². The van der Waals surface area contributed by atoms with Gasteiger partial charge in [0.15, 0.2) is 0 Å². The maximum absolute atomic E-state index is 14.4. The smallest absolute Gasteiger partial charge is 0.312 e. The van der Waals surface area contributed by atoms with E-state index in [1.54, 1.807) is 9.80 Å². The number of amides is 2. The van der Waals surface area contributed by atoms with Crippen molar-refractivity contribution < 1.29 is 29.0 Å². The average molecular weight is 523 g/mol. The van der Waals surface area contributed by atoms with E-state index in [1.807, 2.05) is 56.4 Å². The number of benzene rings is 1. The van der Waals surface area contributed by atoms with Crippen molar-refractivity contribution in [3.05, 3.63) is 53.6 Å². The Hall–Kier alpha value is -2.97. The van der Waals surface area contributed by atoms with Gasteiger partial charge in [0.05, 0.1) is 18.6 Å². The Bertz CT molecular complexity index is 1150. The Morgan fingerprint density at radius 3 is 2.71 bits per heavy atom. The summed E-state index contributed by atoms with van der Waals surface area (Å²) in [6.07, 6.45) is 11.5. The van der Waals surface area contributed by atoms with E-state index >= 15 is 0 Å². The number of aliphatic hydroxyl groups excluding tert-OH is 1. The van der Waals surface area contributed by atoms with Crippen LogP contribution in [0.2, 0.25) is 0 Å². The summed E-state index contributed by atoms with van der Waals surface area (Å²) in [7, 11) is 0. The van der Waals surface area contributed by atoms with Gasteiger partial charge in [-0.2, -0.15) is 0 Å². The first-order valence-electron chi connectivity index (χ1n) is 13.9. The summed E-state index contributed by atoms with van der Waals surface area (Å²) in [5.74, 6) is -2.54. The molecule has 4 aliphatic heterocycles. The van der Waals surface area contributed by atoms with Crippen molar-refractivity contribution in [2.24, 2.45) is 11.8 Å². The molecule has 2 saturated heterocycles. The van der Waals surface area contributed by atoms with Gasteiger partial charge in [0.25, 0.3) is 5.91 Å². The summed E-state index contributed by atoms with van der Waals surface area (Å²) in [5, 5.41) is 9.24. The van der Waals surface area contributed by atoms with Crippen molar-refractivity contribution in [3.63, 3.8) is 0 Å². The number of nitrogens with zero attached hydrogens (tertiary/aromatic N) is 2. The molecule has 4 aliphatic rings. The number of hydrogen-bond donors (Lipinski definition) is 1. The highest BCUT2D eigenvalue weighted by Crippen LogP contribution is 2.53. The highest BCUT2D eigenvalue weighted by molar-refractivity contribution is 6.05. The van der Waals surface area contributed by atoms with Crippen molar-refractivity contribution in [1.82, 2.24) is 4.90 Å². The van der Waals surface area contributed by atoms with Crippen molar-refractivity contribution in [2.45, 2.75) is 70.1 Å². The second-order valence-corrected chi connectivity index (χ2v) is 10.9. The third kappa shape index (κ3) is 4.58. The highest BCUT2D eigenvalue weighted by atomic mass is 16.6. The molecule has 38 heavy (non-hydrogen) atoms. The second kappa shape index (κ2) is 11.0. The lowest BCUT2D eigenvalue weighted by atomic mass is 9.78. The van der Waals surface area contributed by atoms with Gasteiger partial charge in [-0.3, -0.25) is 14.4 Å². The Morgan fingerprint density at radius 1 is 1.05 bits per heavy atom. The number of esters is 1. The predicted octanol–water partition coefficient (Wildman–Crippen LogP) is 3.23. The molecule has 1 spiro atoms. The zero-order valence-electron chi connectivity index (χ0n) is 22.3. The predicted molar refractivity (Wildman–Crippen MR) is 142 cm³/mol. The molecule has 0 radical (unpaired) electrons. The van der Waals surface area contributed by atoms with E-state index in [0.29, 0.717) is 32.5 Å².